The van der Waals surface area contributed by atoms with Gasteiger partial charge in [-0.2, -0.15) is 0 Å². The third-order valence-electron chi connectivity index (χ3n) is 10.6. The summed E-state index contributed by atoms with van der Waals surface area (Å²) in [7, 11) is 0. The minimum atomic E-state index is -1.60. The quantitative estimate of drug-likeness (QED) is 0.0341. The molecule has 0 spiro atoms. The highest BCUT2D eigenvalue weighted by atomic mass is 16.7. The zero-order valence-electron chi connectivity index (χ0n) is 32.7. The smallest absolute Gasteiger partial charge is 0.220 e. The van der Waals surface area contributed by atoms with Crippen LogP contribution in [0.4, 0.5) is 0 Å². The number of nitrogens with one attached hydrogen (secondary N) is 1. The van der Waals surface area contributed by atoms with E-state index >= 15 is 0 Å². The minimum Gasteiger partial charge on any atom is -0.394 e. The third-order valence-corrected chi connectivity index (χ3v) is 10.6. The van der Waals surface area contributed by atoms with Crippen molar-refractivity contribution in [1.29, 1.82) is 0 Å². The van der Waals surface area contributed by atoms with Gasteiger partial charge in [-0.25, -0.2) is 0 Å². The number of amides is 1. The van der Waals surface area contributed by atoms with Crippen LogP contribution in [-0.4, -0.2) is 98.7 Å². The molecule has 1 aliphatic rings. The Labute approximate surface area is 311 Å². The van der Waals surface area contributed by atoms with Crippen LogP contribution in [0.3, 0.4) is 0 Å². The molecule has 1 heterocycles. The Bertz CT molecular complexity index is 788. The van der Waals surface area contributed by atoms with Gasteiger partial charge in [-0.05, 0) is 12.8 Å². The number of carbonyl (C=O) groups is 1. The second kappa shape index (κ2) is 32.6. The molecule has 8 atom stereocenters. The monoisotopic (exact) mass is 732 g/mol. The van der Waals surface area contributed by atoms with Crippen molar-refractivity contribution in [2.24, 2.45) is 0 Å². The van der Waals surface area contributed by atoms with Crippen LogP contribution in [0, 0.1) is 0 Å². The number of aliphatic hydroxyl groups is 6. The molecule has 0 aromatic heterocycles. The molecule has 0 aromatic carbocycles. The van der Waals surface area contributed by atoms with E-state index in [1.54, 1.807) is 0 Å². The zero-order chi connectivity index (χ0) is 37.5. The van der Waals surface area contributed by atoms with Crippen LogP contribution in [0.2, 0.25) is 0 Å². The molecule has 0 aromatic rings. The van der Waals surface area contributed by atoms with Gasteiger partial charge in [-0.1, -0.05) is 174 Å². The van der Waals surface area contributed by atoms with Gasteiger partial charge in [0.1, 0.15) is 30.5 Å². The molecule has 51 heavy (non-hydrogen) atoms. The average molecular weight is 732 g/mol. The van der Waals surface area contributed by atoms with Gasteiger partial charge in [0.2, 0.25) is 5.91 Å². The van der Waals surface area contributed by atoms with Gasteiger partial charge in [-0.15, -0.1) is 0 Å². The van der Waals surface area contributed by atoms with E-state index < -0.39 is 55.6 Å². The van der Waals surface area contributed by atoms with Gasteiger partial charge in [0.25, 0.3) is 0 Å². The summed E-state index contributed by atoms with van der Waals surface area (Å²) in [4.78, 5) is 12.9. The van der Waals surface area contributed by atoms with Crippen LogP contribution in [0.1, 0.15) is 194 Å². The molecule has 304 valence electrons. The Balaban J connectivity index is 2.43. The van der Waals surface area contributed by atoms with Crippen molar-refractivity contribution >= 4 is 5.91 Å². The molecule has 0 saturated carbocycles. The molecule has 1 saturated heterocycles. The lowest BCUT2D eigenvalue weighted by molar-refractivity contribution is -0.303. The van der Waals surface area contributed by atoms with E-state index in [0.29, 0.717) is 6.42 Å². The standard InChI is InChI=1S/C41H81NO9/c1-3-5-7-9-11-13-15-16-17-18-20-21-23-25-27-29-34(44)37(46)33(32-50-41-40(49)39(48)38(47)35(31-43)51-41)42-36(45)30-28-26-24-22-19-14-12-10-8-6-4-2/h33-35,37-41,43-44,46-49H,3-32H2,1-2H3,(H,42,45)/t33-,34+,35+,37-,38+,39?,40?,41+/m0/s1. The van der Waals surface area contributed by atoms with E-state index in [4.69, 9.17) is 9.47 Å². The van der Waals surface area contributed by atoms with E-state index in [0.717, 1.165) is 44.9 Å². The molecule has 0 aliphatic carbocycles. The molecule has 0 radical (unpaired) electrons. The molecule has 0 bridgehead atoms. The molecular weight excluding hydrogens is 650 g/mol. The lowest BCUT2D eigenvalue weighted by Gasteiger charge is -2.40. The number of aliphatic hydroxyl groups excluding tert-OH is 6. The molecule has 1 amide bonds. The van der Waals surface area contributed by atoms with Crippen molar-refractivity contribution in [3.05, 3.63) is 0 Å². The summed E-state index contributed by atoms with van der Waals surface area (Å²) in [6, 6.07) is -0.982. The summed E-state index contributed by atoms with van der Waals surface area (Å²) in [6.07, 6.45) is 22.5. The van der Waals surface area contributed by atoms with Crippen LogP contribution in [0.15, 0.2) is 0 Å². The molecule has 1 rings (SSSR count). The fourth-order valence-electron chi connectivity index (χ4n) is 7.02. The molecule has 10 nitrogen and oxygen atoms in total. The molecule has 10 heteroatoms. The van der Waals surface area contributed by atoms with Crippen LogP contribution in [0.5, 0.6) is 0 Å². The summed E-state index contributed by atoms with van der Waals surface area (Å²) < 4.78 is 11.1. The lowest BCUT2D eigenvalue weighted by atomic mass is 9.98. The topological polar surface area (TPSA) is 169 Å². The fraction of sp³-hybridized carbons (Fsp3) is 0.976. The SMILES string of the molecule is CCCCCCCCCCCCCCCCC[C@@H](O)[C@@H](O)[C@H](CO[C@@H]1O[C@H](CO)[C@@H](O)C(O)C1O)NC(=O)CCCCCCCCCCCCC. The van der Waals surface area contributed by atoms with Crippen molar-refractivity contribution in [3.63, 3.8) is 0 Å². The highest BCUT2D eigenvalue weighted by Crippen LogP contribution is 2.23. The summed E-state index contributed by atoms with van der Waals surface area (Å²) >= 11 is 0. The van der Waals surface area contributed by atoms with Crippen LogP contribution in [-0.2, 0) is 14.3 Å². The number of carbonyl (C=O) groups excluding carboxylic acids is 1. The predicted molar refractivity (Wildman–Crippen MR) is 204 cm³/mol. The summed E-state index contributed by atoms with van der Waals surface area (Å²) in [5, 5.41) is 64.9. The zero-order valence-corrected chi connectivity index (χ0v) is 32.7. The number of ether oxygens (including phenoxy) is 2. The third kappa shape index (κ3) is 23.5. The van der Waals surface area contributed by atoms with Gasteiger partial charge >= 0.3 is 0 Å². The Morgan fingerprint density at radius 3 is 1.45 bits per heavy atom. The van der Waals surface area contributed by atoms with Crippen LogP contribution >= 0.6 is 0 Å². The van der Waals surface area contributed by atoms with Crippen molar-refractivity contribution in [3.8, 4) is 0 Å². The number of hydrogen-bond donors (Lipinski definition) is 7. The van der Waals surface area contributed by atoms with Crippen molar-refractivity contribution in [1.82, 2.24) is 5.32 Å². The average Bonchev–Trinajstić information content (AvgIpc) is 3.13. The molecule has 1 fully saturated rings. The first kappa shape index (κ1) is 48.2. The first-order valence-corrected chi connectivity index (χ1v) is 21.3. The van der Waals surface area contributed by atoms with Crippen LogP contribution < -0.4 is 5.32 Å². The van der Waals surface area contributed by atoms with Gasteiger partial charge in [0, 0.05) is 6.42 Å². The summed E-state index contributed by atoms with van der Waals surface area (Å²) in [6.45, 7) is 3.59. The van der Waals surface area contributed by atoms with E-state index in [1.807, 2.05) is 0 Å². The van der Waals surface area contributed by atoms with Crippen molar-refractivity contribution in [2.45, 2.75) is 243 Å². The van der Waals surface area contributed by atoms with Crippen LogP contribution in [0.25, 0.3) is 0 Å². The largest absolute Gasteiger partial charge is 0.394 e. The van der Waals surface area contributed by atoms with Crippen molar-refractivity contribution in [2.75, 3.05) is 13.2 Å². The first-order chi connectivity index (χ1) is 24.8. The maximum atomic E-state index is 12.9. The summed E-state index contributed by atoms with van der Waals surface area (Å²) in [5.41, 5.74) is 0. The highest BCUT2D eigenvalue weighted by Gasteiger charge is 2.44. The Kier molecular flexibility index (Phi) is 30.8. The second-order valence-electron chi connectivity index (χ2n) is 15.3. The second-order valence-corrected chi connectivity index (χ2v) is 15.3. The van der Waals surface area contributed by atoms with Crippen molar-refractivity contribution < 1.29 is 44.9 Å². The summed E-state index contributed by atoms with van der Waals surface area (Å²) in [5.74, 6) is -0.258. The predicted octanol–water partition coefficient (Wildman–Crippen LogP) is 6.97. The van der Waals surface area contributed by atoms with E-state index in [-0.39, 0.29) is 18.9 Å². The molecule has 7 N–H and O–H groups in total. The molecule has 1 aliphatic heterocycles. The number of rotatable bonds is 35. The first-order valence-electron chi connectivity index (χ1n) is 21.3. The fourth-order valence-corrected chi connectivity index (χ4v) is 7.02. The van der Waals surface area contributed by atoms with Gasteiger partial charge < -0.3 is 45.4 Å². The van der Waals surface area contributed by atoms with E-state index in [9.17, 15) is 35.4 Å². The van der Waals surface area contributed by atoms with E-state index in [1.165, 1.54) is 122 Å². The maximum absolute atomic E-state index is 12.9. The minimum absolute atomic E-state index is 0.258. The van der Waals surface area contributed by atoms with Gasteiger partial charge in [0.15, 0.2) is 6.29 Å². The normalized spacial score (nSPS) is 22.5. The van der Waals surface area contributed by atoms with Gasteiger partial charge in [-0.3, -0.25) is 4.79 Å². The Morgan fingerprint density at radius 2 is 1.02 bits per heavy atom. The lowest BCUT2D eigenvalue weighted by Crippen LogP contribution is -2.60. The Morgan fingerprint density at radius 1 is 0.608 bits per heavy atom. The maximum Gasteiger partial charge on any atom is 0.220 e. The number of unbranched alkanes of at least 4 members (excludes halogenated alkanes) is 24. The molecule has 2 unspecified atom stereocenters. The highest BCUT2D eigenvalue weighted by molar-refractivity contribution is 5.76. The van der Waals surface area contributed by atoms with Gasteiger partial charge in [0.05, 0.1) is 25.4 Å². The van der Waals surface area contributed by atoms with E-state index in [2.05, 4.69) is 19.2 Å². The number of hydrogen-bond acceptors (Lipinski definition) is 9. The Hall–Kier alpha value is -0.850. The molecular formula is C41H81NO9.